The van der Waals surface area contributed by atoms with Crippen molar-refractivity contribution in [2.24, 2.45) is 0 Å². The molecule has 0 aliphatic carbocycles. The second-order valence-corrected chi connectivity index (χ2v) is 5.04. The van der Waals surface area contributed by atoms with Crippen LogP contribution in [0.4, 0.5) is 0 Å². The van der Waals surface area contributed by atoms with Gasteiger partial charge in [-0.2, -0.15) is 0 Å². The molecule has 0 aliphatic heterocycles. The summed E-state index contributed by atoms with van der Waals surface area (Å²) >= 11 is 5.86. The first-order chi connectivity index (χ1) is 7.50. The van der Waals surface area contributed by atoms with Gasteiger partial charge in [-0.05, 0) is 27.2 Å². The summed E-state index contributed by atoms with van der Waals surface area (Å²) in [5, 5.41) is 8.32. The number of hydrogen-bond donors (Lipinski definition) is 0. The van der Waals surface area contributed by atoms with E-state index >= 15 is 0 Å². The van der Waals surface area contributed by atoms with E-state index in [4.69, 9.17) is 16.3 Å². The van der Waals surface area contributed by atoms with Crippen molar-refractivity contribution in [3.05, 3.63) is 11.6 Å². The molecule has 4 nitrogen and oxygen atoms in total. The first kappa shape index (κ1) is 13.5. The predicted octanol–water partition coefficient (Wildman–Crippen LogP) is 2.35. The number of hydrogen-bond acceptors (Lipinski definition) is 3. The molecule has 5 heteroatoms. The largest absolute Gasteiger partial charge is 0.385 e. The van der Waals surface area contributed by atoms with E-state index in [1.54, 1.807) is 7.11 Å². The maximum absolute atomic E-state index is 5.86. The molecule has 1 rings (SSSR count). The molecule has 0 amide bonds. The maximum Gasteiger partial charge on any atom is 0.148 e. The second kappa shape index (κ2) is 5.64. The van der Waals surface area contributed by atoms with Crippen molar-refractivity contribution < 1.29 is 4.74 Å². The van der Waals surface area contributed by atoms with Gasteiger partial charge in [0.05, 0.1) is 5.88 Å². The van der Waals surface area contributed by atoms with Gasteiger partial charge in [0, 0.05) is 25.7 Å². The summed E-state index contributed by atoms with van der Waals surface area (Å²) in [6, 6.07) is 0. The Hall–Kier alpha value is -0.610. The van der Waals surface area contributed by atoms with Crippen LogP contribution in [0.15, 0.2) is 0 Å². The van der Waals surface area contributed by atoms with Gasteiger partial charge < -0.3 is 9.30 Å². The summed E-state index contributed by atoms with van der Waals surface area (Å²) < 4.78 is 7.16. The van der Waals surface area contributed by atoms with Gasteiger partial charge in [-0.3, -0.25) is 0 Å². The number of aromatic nitrogens is 3. The van der Waals surface area contributed by atoms with E-state index in [0.717, 1.165) is 31.1 Å². The Balaban J connectivity index is 2.88. The molecule has 1 aromatic heterocycles. The second-order valence-electron chi connectivity index (χ2n) is 4.77. The Morgan fingerprint density at radius 1 is 1.25 bits per heavy atom. The standard InChI is InChI=1S/C11H20ClN3O/c1-11(2,3)15-9(6-5-7-16-4)13-14-10(15)8-12/h5-8H2,1-4H3. The molecule has 0 unspecified atom stereocenters. The number of methoxy groups -OCH3 is 1. The lowest BCUT2D eigenvalue weighted by Gasteiger charge is -2.24. The minimum absolute atomic E-state index is 0.0316. The fraction of sp³-hybridized carbons (Fsp3) is 0.818. The molecule has 0 radical (unpaired) electrons. The average Bonchev–Trinajstić information content (AvgIpc) is 2.61. The third kappa shape index (κ3) is 3.19. The molecule has 92 valence electrons. The molecule has 1 heterocycles. The van der Waals surface area contributed by atoms with E-state index in [-0.39, 0.29) is 5.54 Å². The molecule has 1 aromatic rings. The average molecular weight is 246 g/mol. The monoisotopic (exact) mass is 245 g/mol. The summed E-state index contributed by atoms with van der Waals surface area (Å²) in [7, 11) is 1.71. The molecule has 0 saturated carbocycles. The number of rotatable bonds is 5. The number of aryl methyl sites for hydroxylation is 1. The van der Waals surface area contributed by atoms with Gasteiger partial charge in [0.25, 0.3) is 0 Å². The lowest BCUT2D eigenvalue weighted by Crippen LogP contribution is -2.26. The molecule has 0 aliphatic rings. The summed E-state index contributed by atoms with van der Waals surface area (Å²) in [5.41, 5.74) is -0.0316. The van der Waals surface area contributed by atoms with Crippen LogP contribution in [0.1, 0.15) is 38.8 Å². The minimum Gasteiger partial charge on any atom is -0.385 e. The highest BCUT2D eigenvalue weighted by Gasteiger charge is 2.21. The van der Waals surface area contributed by atoms with Gasteiger partial charge in [0.1, 0.15) is 11.6 Å². The lowest BCUT2D eigenvalue weighted by atomic mass is 10.1. The topological polar surface area (TPSA) is 39.9 Å². The molecule has 0 saturated heterocycles. The van der Waals surface area contributed by atoms with Gasteiger partial charge in [-0.15, -0.1) is 21.8 Å². The summed E-state index contributed by atoms with van der Waals surface area (Å²) in [6.45, 7) is 7.14. The Morgan fingerprint density at radius 3 is 2.38 bits per heavy atom. The van der Waals surface area contributed by atoms with E-state index in [1.165, 1.54) is 0 Å². The Morgan fingerprint density at radius 2 is 1.88 bits per heavy atom. The van der Waals surface area contributed by atoms with Gasteiger partial charge in [0.15, 0.2) is 0 Å². The van der Waals surface area contributed by atoms with Gasteiger partial charge in [-0.25, -0.2) is 0 Å². The number of ether oxygens (including phenoxy) is 1. The Labute approximate surface area is 102 Å². The van der Waals surface area contributed by atoms with Crippen LogP contribution in [-0.4, -0.2) is 28.5 Å². The molecular weight excluding hydrogens is 226 g/mol. The first-order valence-corrected chi connectivity index (χ1v) is 6.02. The van der Waals surface area contributed by atoms with E-state index < -0.39 is 0 Å². The third-order valence-electron chi connectivity index (χ3n) is 2.34. The highest BCUT2D eigenvalue weighted by atomic mass is 35.5. The van der Waals surface area contributed by atoms with Crippen LogP contribution in [0, 0.1) is 0 Å². The maximum atomic E-state index is 5.86. The molecule has 0 fully saturated rings. The SMILES string of the molecule is COCCCc1nnc(CCl)n1C(C)(C)C. The highest BCUT2D eigenvalue weighted by molar-refractivity contribution is 6.16. The van der Waals surface area contributed by atoms with Gasteiger partial charge >= 0.3 is 0 Å². The van der Waals surface area contributed by atoms with Crippen molar-refractivity contribution in [3.8, 4) is 0 Å². The summed E-state index contributed by atoms with van der Waals surface area (Å²) in [4.78, 5) is 0. The number of halogens is 1. The zero-order chi connectivity index (χ0) is 12.2. The van der Waals surface area contributed by atoms with Gasteiger partial charge in [-0.1, -0.05) is 0 Å². The van der Waals surface area contributed by atoms with Crippen LogP contribution in [-0.2, 0) is 22.6 Å². The van der Waals surface area contributed by atoms with E-state index in [2.05, 4.69) is 35.5 Å². The van der Waals surface area contributed by atoms with Crippen LogP contribution in [0.25, 0.3) is 0 Å². The van der Waals surface area contributed by atoms with E-state index in [9.17, 15) is 0 Å². The fourth-order valence-corrected chi connectivity index (χ4v) is 1.92. The normalized spacial score (nSPS) is 12.1. The third-order valence-corrected chi connectivity index (χ3v) is 2.58. The molecule has 0 N–H and O–H groups in total. The molecule has 0 spiro atoms. The van der Waals surface area contributed by atoms with Crippen LogP contribution in [0.5, 0.6) is 0 Å². The quantitative estimate of drug-likeness (QED) is 0.591. The highest BCUT2D eigenvalue weighted by Crippen LogP contribution is 2.20. The number of nitrogens with zero attached hydrogens (tertiary/aromatic N) is 3. The zero-order valence-electron chi connectivity index (χ0n) is 10.5. The molecule has 0 aromatic carbocycles. The lowest BCUT2D eigenvalue weighted by molar-refractivity contribution is 0.193. The fourth-order valence-electron chi connectivity index (χ4n) is 1.75. The van der Waals surface area contributed by atoms with Crippen molar-refractivity contribution in [3.63, 3.8) is 0 Å². The van der Waals surface area contributed by atoms with Crippen molar-refractivity contribution in [1.82, 2.24) is 14.8 Å². The van der Waals surface area contributed by atoms with Crippen molar-refractivity contribution in [2.45, 2.75) is 45.0 Å². The smallest absolute Gasteiger partial charge is 0.148 e. The van der Waals surface area contributed by atoms with Crippen molar-refractivity contribution >= 4 is 11.6 Å². The van der Waals surface area contributed by atoms with Crippen molar-refractivity contribution in [2.75, 3.05) is 13.7 Å². The van der Waals surface area contributed by atoms with Crippen LogP contribution >= 0.6 is 11.6 Å². The van der Waals surface area contributed by atoms with Gasteiger partial charge in [0.2, 0.25) is 0 Å². The van der Waals surface area contributed by atoms with Crippen LogP contribution in [0.2, 0.25) is 0 Å². The van der Waals surface area contributed by atoms with Crippen LogP contribution in [0.3, 0.4) is 0 Å². The predicted molar refractivity (Wildman–Crippen MR) is 64.8 cm³/mol. The molecule has 0 bridgehead atoms. The van der Waals surface area contributed by atoms with Crippen LogP contribution < -0.4 is 0 Å². The van der Waals surface area contributed by atoms with E-state index in [0.29, 0.717) is 5.88 Å². The van der Waals surface area contributed by atoms with E-state index in [1.807, 2.05) is 0 Å². The molecule has 16 heavy (non-hydrogen) atoms. The molecular formula is C11H20ClN3O. The summed E-state index contributed by atoms with van der Waals surface area (Å²) in [5.74, 6) is 2.22. The Kier molecular flexibility index (Phi) is 4.74. The zero-order valence-corrected chi connectivity index (χ0v) is 11.2. The molecule has 0 atom stereocenters. The summed E-state index contributed by atoms with van der Waals surface area (Å²) in [6.07, 6.45) is 1.82. The Bertz CT molecular complexity index is 330. The minimum atomic E-state index is -0.0316. The number of alkyl halides is 1. The first-order valence-electron chi connectivity index (χ1n) is 5.49. The van der Waals surface area contributed by atoms with Crippen molar-refractivity contribution in [1.29, 1.82) is 0 Å².